The molecule has 8 heteroatoms. The summed E-state index contributed by atoms with van der Waals surface area (Å²) in [6, 6.07) is 19.6. The van der Waals surface area contributed by atoms with Crippen molar-refractivity contribution in [3.05, 3.63) is 71.8 Å². The van der Waals surface area contributed by atoms with E-state index >= 15 is 0 Å². The Morgan fingerprint density at radius 2 is 1.35 bits per heavy atom. The number of methoxy groups -OCH3 is 2. The molecule has 2 fully saturated rings. The third-order valence-corrected chi connectivity index (χ3v) is 7.25. The van der Waals surface area contributed by atoms with Crippen molar-refractivity contribution < 1.29 is 28.7 Å². The van der Waals surface area contributed by atoms with E-state index in [0.29, 0.717) is 13.1 Å². The van der Waals surface area contributed by atoms with Gasteiger partial charge in [-0.15, -0.1) is 0 Å². The van der Waals surface area contributed by atoms with Crippen molar-refractivity contribution in [2.24, 2.45) is 11.3 Å². The molecule has 0 spiro atoms. The van der Waals surface area contributed by atoms with Crippen LogP contribution in [0.4, 0.5) is 0 Å². The Labute approximate surface area is 218 Å². The van der Waals surface area contributed by atoms with E-state index in [0.717, 1.165) is 11.1 Å². The summed E-state index contributed by atoms with van der Waals surface area (Å²) in [6.07, 6.45) is 0.473. The number of amides is 2. The van der Waals surface area contributed by atoms with Gasteiger partial charge in [0.1, 0.15) is 0 Å². The van der Waals surface area contributed by atoms with Gasteiger partial charge >= 0.3 is 11.9 Å². The maximum atomic E-state index is 12.1. The molecule has 2 heterocycles. The second kappa shape index (κ2) is 12.0. The van der Waals surface area contributed by atoms with Crippen LogP contribution >= 0.6 is 0 Å². The molecular weight excluding hydrogens is 472 g/mol. The van der Waals surface area contributed by atoms with Gasteiger partial charge < -0.3 is 19.3 Å². The summed E-state index contributed by atoms with van der Waals surface area (Å²) in [6.45, 7) is 6.60. The number of benzene rings is 2. The molecule has 37 heavy (non-hydrogen) atoms. The molecule has 198 valence electrons. The van der Waals surface area contributed by atoms with Gasteiger partial charge in [0.05, 0.1) is 37.6 Å². The summed E-state index contributed by atoms with van der Waals surface area (Å²) >= 11 is 0. The Kier molecular flexibility index (Phi) is 9.08. The monoisotopic (exact) mass is 508 g/mol. The number of likely N-dealkylation sites (tertiary alicyclic amines) is 2. The van der Waals surface area contributed by atoms with Crippen LogP contribution in [0.2, 0.25) is 0 Å². The van der Waals surface area contributed by atoms with Gasteiger partial charge in [0.15, 0.2) is 0 Å². The van der Waals surface area contributed by atoms with E-state index in [1.165, 1.54) is 14.2 Å². The molecule has 2 aromatic carbocycles. The van der Waals surface area contributed by atoms with Crippen LogP contribution in [0.15, 0.2) is 60.7 Å². The zero-order chi connectivity index (χ0) is 27.2. The summed E-state index contributed by atoms with van der Waals surface area (Å²) in [5.41, 5.74) is 1.43. The normalized spacial score (nSPS) is 22.7. The fraction of sp³-hybridized carbons (Fsp3) is 0.448. The first-order chi connectivity index (χ1) is 17.6. The molecule has 0 bridgehead atoms. The summed E-state index contributed by atoms with van der Waals surface area (Å²) < 4.78 is 9.50. The molecule has 0 N–H and O–H groups in total. The van der Waals surface area contributed by atoms with Crippen LogP contribution in [0.3, 0.4) is 0 Å². The lowest BCUT2D eigenvalue weighted by atomic mass is 9.90. The molecule has 4 atom stereocenters. The SMILES string of the molecule is COC(=O)C1(C)CC(=O)N([C@H](C)c2ccccc2)C1.COC(=O)[C@H]1CC(=O)N([C@H](C)c2ccccc2)C1. The van der Waals surface area contributed by atoms with E-state index in [9.17, 15) is 19.2 Å². The van der Waals surface area contributed by atoms with Gasteiger partial charge in [0.25, 0.3) is 0 Å². The van der Waals surface area contributed by atoms with Crippen LogP contribution in [0.25, 0.3) is 0 Å². The van der Waals surface area contributed by atoms with E-state index in [2.05, 4.69) is 0 Å². The molecule has 1 unspecified atom stereocenters. The second-order valence-corrected chi connectivity index (χ2v) is 9.89. The smallest absolute Gasteiger partial charge is 0.313 e. The number of hydrogen-bond donors (Lipinski definition) is 0. The minimum atomic E-state index is -0.727. The average molecular weight is 509 g/mol. The van der Waals surface area contributed by atoms with Crippen molar-refractivity contribution in [1.82, 2.24) is 9.80 Å². The Balaban J connectivity index is 0.000000206. The van der Waals surface area contributed by atoms with Crippen LogP contribution in [-0.2, 0) is 28.7 Å². The number of esters is 2. The van der Waals surface area contributed by atoms with E-state index in [4.69, 9.17) is 9.47 Å². The summed E-state index contributed by atoms with van der Waals surface area (Å²) in [7, 11) is 2.72. The first-order valence-corrected chi connectivity index (χ1v) is 12.5. The zero-order valence-electron chi connectivity index (χ0n) is 22.2. The number of hydrogen-bond acceptors (Lipinski definition) is 6. The predicted molar refractivity (Wildman–Crippen MR) is 138 cm³/mol. The summed E-state index contributed by atoms with van der Waals surface area (Å²) in [5, 5.41) is 0. The molecular formula is C29H36N2O6. The maximum absolute atomic E-state index is 12.1. The van der Waals surface area contributed by atoms with Gasteiger partial charge in [-0.3, -0.25) is 19.2 Å². The minimum absolute atomic E-state index is 0.00394. The Morgan fingerprint density at radius 3 is 1.84 bits per heavy atom. The highest BCUT2D eigenvalue weighted by Crippen LogP contribution is 2.37. The van der Waals surface area contributed by atoms with Gasteiger partial charge in [-0.05, 0) is 31.9 Å². The second-order valence-electron chi connectivity index (χ2n) is 9.89. The van der Waals surface area contributed by atoms with E-state index < -0.39 is 5.41 Å². The lowest BCUT2D eigenvalue weighted by Gasteiger charge is -2.27. The van der Waals surface area contributed by atoms with Crippen LogP contribution in [0.5, 0.6) is 0 Å². The highest BCUT2D eigenvalue weighted by atomic mass is 16.5. The Hall–Kier alpha value is -3.68. The van der Waals surface area contributed by atoms with Crippen LogP contribution in [0.1, 0.15) is 56.8 Å². The summed E-state index contributed by atoms with van der Waals surface area (Å²) in [4.78, 5) is 50.8. The third kappa shape index (κ3) is 6.37. The van der Waals surface area contributed by atoms with Crippen molar-refractivity contribution in [3.63, 3.8) is 0 Å². The molecule has 0 radical (unpaired) electrons. The number of nitrogens with zero attached hydrogens (tertiary/aromatic N) is 2. The number of carbonyl (C=O) groups is 4. The van der Waals surface area contributed by atoms with Crippen LogP contribution < -0.4 is 0 Å². The average Bonchev–Trinajstić information content (AvgIpc) is 3.47. The number of carbonyl (C=O) groups excluding carboxylic acids is 4. The van der Waals surface area contributed by atoms with Crippen molar-refractivity contribution in [3.8, 4) is 0 Å². The first-order valence-electron chi connectivity index (χ1n) is 12.5. The zero-order valence-corrected chi connectivity index (χ0v) is 22.2. The lowest BCUT2D eigenvalue weighted by molar-refractivity contribution is -0.151. The van der Waals surface area contributed by atoms with E-state index in [-0.39, 0.29) is 54.6 Å². The molecule has 2 aliphatic rings. The molecule has 0 aliphatic carbocycles. The van der Waals surface area contributed by atoms with Crippen molar-refractivity contribution in [2.45, 2.75) is 45.7 Å². The maximum Gasteiger partial charge on any atom is 0.313 e. The lowest BCUT2D eigenvalue weighted by Crippen LogP contribution is -2.34. The molecule has 4 rings (SSSR count). The van der Waals surface area contributed by atoms with Crippen molar-refractivity contribution >= 4 is 23.8 Å². The van der Waals surface area contributed by atoms with Crippen molar-refractivity contribution in [1.29, 1.82) is 0 Å². The van der Waals surface area contributed by atoms with Gasteiger partial charge in [-0.25, -0.2) is 0 Å². The Bertz CT molecular complexity index is 1110. The molecule has 0 aromatic heterocycles. The van der Waals surface area contributed by atoms with Gasteiger partial charge in [0, 0.05) is 25.9 Å². The summed E-state index contributed by atoms with van der Waals surface area (Å²) in [5.74, 6) is -0.922. The molecule has 2 aliphatic heterocycles. The number of rotatable bonds is 6. The van der Waals surface area contributed by atoms with Gasteiger partial charge in [-0.1, -0.05) is 60.7 Å². The topological polar surface area (TPSA) is 93.2 Å². The first kappa shape index (κ1) is 27.9. The highest BCUT2D eigenvalue weighted by Gasteiger charge is 2.47. The molecule has 8 nitrogen and oxygen atoms in total. The predicted octanol–water partition coefficient (Wildman–Crippen LogP) is 3.93. The molecule has 0 saturated carbocycles. The van der Waals surface area contributed by atoms with E-state index in [1.807, 2.05) is 74.5 Å². The minimum Gasteiger partial charge on any atom is -0.469 e. The fourth-order valence-corrected chi connectivity index (χ4v) is 4.94. The van der Waals surface area contributed by atoms with Gasteiger partial charge in [-0.2, -0.15) is 0 Å². The van der Waals surface area contributed by atoms with Crippen LogP contribution in [0, 0.1) is 11.3 Å². The van der Waals surface area contributed by atoms with Crippen molar-refractivity contribution in [2.75, 3.05) is 27.3 Å². The standard InChI is InChI=1S/C15H19NO3.C14H17NO3/c1-11(12-7-5-4-6-8-12)16-10-15(2,9-13(16)17)14(18)19-3;1-10(11-6-4-3-5-7-11)15-9-12(8-13(15)16)14(17)18-2/h4-8,11H,9-10H2,1-3H3;3-7,10,12H,8-9H2,1-2H3/t11-,15?;10-,12+/m11/s1. The quantitative estimate of drug-likeness (QED) is 0.549. The van der Waals surface area contributed by atoms with Gasteiger partial charge in [0.2, 0.25) is 11.8 Å². The third-order valence-electron chi connectivity index (χ3n) is 7.25. The fourth-order valence-electron chi connectivity index (χ4n) is 4.94. The molecule has 2 amide bonds. The molecule has 2 saturated heterocycles. The Morgan fingerprint density at radius 1 is 0.838 bits per heavy atom. The highest BCUT2D eigenvalue weighted by molar-refractivity contribution is 5.89. The van der Waals surface area contributed by atoms with Crippen LogP contribution in [-0.4, -0.2) is 60.9 Å². The molecule has 2 aromatic rings. The van der Waals surface area contributed by atoms with E-state index in [1.54, 1.807) is 16.7 Å². The largest absolute Gasteiger partial charge is 0.469 e. The number of ether oxygens (including phenoxy) is 2.